The summed E-state index contributed by atoms with van der Waals surface area (Å²) < 4.78 is 9.91. The van der Waals surface area contributed by atoms with Crippen LogP contribution in [0.25, 0.3) is 0 Å². The first-order valence-electron chi connectivity index (χ1n) is 4.03. The molecule has 0 bridgehead atoms. The van der Waals surface area contributed by atoms with E-state index in [4.69, 9.17) is 9.15 Å². The van der Waals surface area contributed by atoms with Crippen molar-refractivity contribution < 1.29 is 13.9 Å². The highest BCUT2D eigenvalue weighted by Gasteiger charge is 2.13. The second-order valence-corrected chi connectivity index (χ2v) is 2.33. The highest BCUT2D eigenvalue weighted by atomic mass is 16.5. The number of esters is 1. The zero-order valence-electron chi connectivity index (χ0n) is 7.29. The Morgan fingerprint density at radius 3 is 2.92 bits per heavy atom. The SMILES string of the molecule is CCOC(=O)c1ccoc1CC. The lowest BCUT2D eigenvalue weighted by Crippen LogP contribution is -2.05. The minimum absolute atomic E-state index is 0.303. The number of carbonyl (C=O) groups excluding carboxylic acids is 1. The van der Waals surface area contributed by atoms with Crippen molar-refractivity contribution in [1.29, 1.82) is 0 Å². The van der Waals surface area contributed by atoms with Crippen molar-refractivity contribution in [3.8, 4) is 0 Å². The third kappa shape index (κ3) is 1.67. The van der Waals surface area contributed by atoms with Gasteiger partial charge in [0.1, 0.15) is 11.3 Å². The molecule has 12 heavy (non-hydrogen) atoms. The average Bonchev–Trinajstić information content (AvgIpc) is 2.51. The van der Waals surface area contributed by atoms with Crippen LogP contribution in [0, 0.1) is 0 Å². The van der Waals surface area contributed by atoms with Gasteiger partial charge in [-0.1, -0.05) is 6.92 Å². The van der Waals surface area contributed by atoms with E-state index < -0.39 is 0 Å². The van der Waals surface area contributed by atoms with Crippen LogP contribution in [-0.2, 0) is 11.2 Å². The first kappa shape index (κ1) is 8.84. The summed E-state index contributed by atoms with van der Waals surface area (Å²) in [4.78, 5) is 11.2. The van der Waals surface area contributed by atoms with Crippen LogP contribution in [0.2, 0.25) is 0 Å². The van der Waals surface area contributed by atoms with E-state index >= 15 is 0 Å². The largest absolute Gasteiger partial charge is 0.468 e. The number of ether oxygens (including phenoxy) is 1. The van der Waals surface area contributed by atoms with Crippen molar-refractivity contribution in [2.45, 2.75) is 20.3 Å². The molecule has 0 aliphatic heterocycles. The van der Waals surface area contributed by atoms with Gasteiger partial charge in [0.15, 0.2) is 0 Å². The van der Waals surface area contributed by atoms with Gasteiger partial charge in [0.2, 0.25) is 0 Å². The maximum Gasteiger partial charge on any atom is 0.341 e. The Kier molecular flexibility index (Phi) is 2.91. The molecule has 3 heteroatoms. The summed E-state index contributed by atoms with van der Waals surface area (Å²) in [6.45, 7) is 4.11. The fourth-order valence-corrected chi connectivity index (χ4v) is 1.01. The molecule has 0 atom stereocenters. The van der Waals surface area contributed by atoms with Crippen LogP contribution in [-0.4, -0.2) is 12.6 Å². The molecule has 1 rings (SSSR count). The summed E-state index contributed by atoms with van der Waals surface area (Å²) in [7, 11) is 0. The predicted octanol–water partition coefficient (Wildman–Crippen LogP) is 2.02. The van der Waals surface area contributed by atoms with Gasteiger partial charge in [-0.15, -0.1) is 0 Å². The number of rotatable bonds is 3. The Balaban J connectivity index is 2.79. The molecule has 0 unspecified atom stereocenters. The van der Waals surface area contributed by atoms with Gasteiger partial charge in [-0.05, 0) is 13.0 Å². The van der Waals surface area contributed by atoms with Gasteiger partial charge < -0.3 is 9.15 Å². The van der Waals surface area contributed by atoms with Crippen LogP contribution in [0.4, 0.5) is 0 Å². The number of hydrogen-bond acceptors (Lipinski definition) is 3. The first-order chi connectivity index (χ1) is 5.79. The van der Waals surface area contributed by atoms with Crippen molar-refractivity contribution in [3.05, 3.63) is 23.7 Å². The van der Waals surface area contributed by atoms with E-state index in [0.717, 1.165) is 0 Å². The number of carbonyl (C=O) groups is 1. The molecule has 0 saturated carbocycles. The van der Waals surface area contributed by atoms with Gasteiger partial charge >= 0.3 is 5.97 Å². The molecule has 66 valence electrons. The van der Waals surface area contributed by atoms with Crippen LogP contribution in [0.5, 0.6) is 0 Å². The lowest BCUT2D eigenvalue weighted by Gasteiger charge is -1.99. The van der Waals surface area contributed by atoms with Crippen LogP contribution < -0.4 is 0 Å². The summed E-state index contributed by atoms with van der Waals surface area (Å²) >= 11 is 0. The molecule has 0 aliphatic rings. The monoisotopic (exact) mass is 168 g/mol. The predicted molar refractivity (Wildman–Crippen MR) is 44.0 cm³/mol. The molecule has 0 aromatic carbocycles. The van der Waals surface area contributed by atoms with Crippen molar-refractivity contribution >= 4 is 5.97 Å². The molecule has 0 radical (unpaired) electrons. The molecule has 0 amide bonds. The fraction of sp³-hybridized carbons (Fsp3) is 0.444. The number of hydrogen-bond donors (Lipinski definition) is 0. The molecule has 0 spiro atoms. The molecule has 1 aromatic rings. The van der Waals surface area contributed by atoms with Gasteiger partial charge in [0.05, 0.1) is 12.9 Å². The Morgan fingerprint density at radius 1 is 1.58 bits per heavy atom. The normalized spacial score (nSPS) is 9.83. The second-order valence-electron chi connectivity index (χ2n) is 2.33. The zero-order valence-corrected chi connectivity index (χ0v) is 7.29. The Bertz CT molecular complexity index is 262. The van der Waals surface area contributed by atoms with E-state index in [1.807, 2.05) is 6.92 Å². The van der Waals surface area contributed by atoms with Crippen molar-refractivity contribution in [1.82, 2.24) is 0 Å². The van der Waals surface area contributed by atoms with Crippen molar-refractivity contribution in [3.63, 3.8) is 0 Å². The third-order valence-corrected chi connectivity index (χ3v) is 1.56. The lowest BCUT2D eigenvalue weighted by atomic mass is 10.2. The number of furan rings is 1. The summed E-state index contributed by atoms with van der Waals surface area (Å²) in [5, 5.41) is 0. The highest BCUT2D eigenvalue weighted by Crippen LogP contribution is 2.12. The smallest absolute Gasteiger partial charge is 0.341 e. The molecule has 0 aliphatic carbocycles. The zero-order chi connectivity index (χ0) is 8.97. The van der Waals surface area contributed by atoms with Crippen LogP contribution in [0.1, 0.15) is 30.0 Å². The van der Waals surface area contributed by atoms with Crippen LogP contribution in [0.15, 0.2) is 16.7 Å². The molecule has 1 heterocycles. The molecular formula is C9H12O3. The van der Waals surface area contributed by atoms with Gasteiger partial charge in [-0.2, -0.15) is 0 Å². The summed E-state index contributed by atoms with van der Waals surface area (Å²) in [6.07, 6.45) is 2.21. The van der Waals surface area contributed by atoms with Gasteiger partial charge in [-0.3, -0.25) is 0 Å². The molecule has 0 N–H and O–H groups in total. The maximum absolute atomic E-state index is 11.2. The molecule has 1 aromatic heterocycles. The first-order valence-corrected chi connectivity index (χ1v) is 4.03. The van der Waals surface area contributed by atoms with Gasteiger partial charge in [-0.25, -0.2) is 4.79 Å². The maximum atomic E-state index is 11.2. The van der Waals surface area contributed by atoms with E-state index in [2.05, 4.69) is 0 Å². The molecule has 0 fully saturated rings. The van der Waals surface area contributed by atoms with E-state index in [9.17, 15) is 4.79 Å². The third-order valence-electron chi connectivity index (χ3n) is 1.56. The Hall–Kier alpha value is -1.25. The van der Waals surface area contributed by atoms with Gasteiger partial charge in [0, 0.05) is 6.42 Å². The van der Waals surface area contributed by atoms with E-state index in [-0.39, 0.29) is 5.97 Å². The standard InChI is InChI=1S/C9H12O3/c1-3-8-7(5-6-12-8)9(10)11-4-2/h5-6H,3-4H2,1-2H3. The minimum Gasteiger partial charge on any atom is -0.468 e. The van der Waals surface area contributed by atoms with E-state index in [0.29, 0.717) is 24.4 Å². The van der Waals surface area contributed by atoms with E-state index in [1.54, 1.807) is 13.0 Å². The average molecular weight is 168 g/mol. The quantitative estimate of drug-likeness (QED) is 0.648. The fourth-order valence-electron chi connectivity index (χ4n) is 1.01. The second kappa shape index (κ2) is 3.95. The van der Waals surface area contributed by atoms with E-state index in [1.165, 1.54) is 6.26 Å². The summed E-state index contributed by atoms with van der Waals surface area (Å²) in [5.41, 5.74) is 0.541. The van der Waals surface area contributed by atoms with Crippen LogP contribution in [0.3, 0.4) is 0 Å². The summed E-state index contributed by atoms with van der Waals surface area (Å²) in [6, 6.07) is 1.64. The Labute approximate surface area is 71.3 Å². The summed E-state index contributed by atoms with van der Waals surface area (Å²) in [5.74, 6) is 0.386. The topological polar surface area (TPSA) is 39.4 Å². The van der Waals surface area contributed by atoms with Crippen molar-refractivity contribution in [2.24, 2.45) is 0 Å². The van der Waals surface area contributed by atoms with Gasteiger partial charge in [0.25, 0.3) is 0 Å². The molecule has 3 nitrogen and oxygen atoms in total. The van der Waals surface area contributed by atoms with Crippen LogP contribution >= 0.6 is 0 Å². The minimum atomic E-state index is -0.303. The lowest BCUT2D eigenvalue weighted by molar-refractivity contribution is 0.0524. The number of aryl methyl sites for hydroxylation is 1. The Morgan fingerprint density at radius 2 is 2.33 bits per heavy atom. The van der Waals surface area contributed by atoms with Crippen molar-refractivity contribution in [2.75, 3.05) is 6.61 Å². The molecule has 0 saturated heterocycles. The highest BCUT2D eigenvalue weighted by molar-refractivity contribution is 5.90. The molecular weight excluding hydrogens is 156 g/mol.